The Hall–Kier alpha value is -3.10. The van der Waals surface area contributed by atoms with Crippen LogP contribution in [0.15, 0.2) is 77.7 Å². The summed E-state index contributed by atoms with van der Waals surface area (Å²) in [6.07, 6.45) is -0.794. The Morgan fingerprint density at radius 1 is 1.00 bits per heavy atom. The fourth-order valence-electron chi connectivity index (χ4n) is 2.48. The SMILES string of the molecule is C[C@H](Oc1ccc(Cl)cc1)C(=O)Nc1ccc(S(=O)(=O)Nc2ccccc2F)cc1. The number of hydrogen-bond donors (Lipinski definition) is 2. The molecule has 0 spiro atoms. The van der Waals surface area contributed by atoms with E-state index >= 15 is 0 Å². The standard InChI is InChI=1S/C21H18ClFN2O4S/c1-14(29-17-10-6-15(22)7-11-17)21(26)24-16-8-12-18(13-9-16)30(27,28)25-20-5-3-2-4-19(20)23/h2-14,25H,1H3,(H,24,26)/t14-/m0/s1. The summed E-state index contributed by atoms with van der Waals surface area (Å²) in [5, 5.41) is 3.20. The highest BCUT2D eigenvalue weighted by molar-refractivity contribution is 7.92. The van der Waals surface area contributed by atoms with Crippen LogP contribution >= 0.6 is 11.6 Å². The molecule has 3 rings (SSSR count). The van der Waals surface area contributed by atoms with Crippen LogP contribution in [0.1, 0.15) is 6.92 Å². The van der Waals surface area contributed by atoms with Gasteiger partial charge in [0.2, 0.25) is 0 Å². The Morgan fingerprint density at radius 3 is 2.27 bits per heavy atom. The second kappa shape index (κ2) is 9.15. The molecule has 0 unspecified atom stereocenters. The number of nitrogens with one attached hydrogen (secondary N) is 2. The van der Waals surface area contributed by atoms with E-state index in [9.17, 15) is 17.6 Å². The van der Waals surface area contributed by atoms with Crippen LogP contribution in [0.4, 0.5) is 15.8 Å². The third kappa shape index (κ3) is 5.49. The predicted molar refractivity (Wildman–Crippen MR) is 114 cm³/mol. The van der Waals surface area contributed by atoms with Gasteiger partial charge in [-0.3, -0.25) is 9.52 Å². The lowest BCUT2D eigenvalue weighted by atomic mass is 10.3. The Balaban J connectivity index is 1.64. The fraction of sp³-hybridized carbons (Fsp3) is 0.0952. The molecule has 3 aromatic carbocycles. The fourth-order valence-corrected chi connectivity index (χ4v) is 3.67. The second-order valence-corrected chi connectivity index (χ2v) is 8.43. The molecular formula is C21H18ClFN2O4S. The van der Waals surface area contributed by atoms with Gasteiger partial charge in [0.25, 0.3) is 15.9 Å². The minimum absolute atomic E-state index is 0.0748. The Bertz CT molecular complexity index is 1140. The van der Waals surface area contributed by atoms with Gasteiger partial charge in [-0.2, -0.15) is 0 Å². The molecule has 2 N–H and O–H groups in total. The van der Waals surface area contributed by atoms with E-state index in [1.807, 2.05) is 0 Å². The van der Waals surface area contributed by atoms with Crippen LogP contribution in [0, 0.1) is 5.82 Å². The number of halogens is 2. The number of hydrogen-bond acceptors (Lipinski definition) is 4. The maximum absolute atomic E-state index is 13.7. The number of para-hydroxylation sites is 1. The smallest absolute Gasteiger partial charge is 0.265 e. The summed E-state index contributed by atoms with van der Waals surface area (Å²) in [6.45, 7) is 1.58. The van der Waals surface area contributed by atoms with Crippen molar-refractivity contribution in [1.29, 1.82) is 0 Å². The Kier molecular flexibility index (Phi) is 6.59. The van der Waals surface area contributed by atoms with E-state index in [0.29, 0.717) is 16.5 Å². The normalized spacial score (nSPS) is 12.1. The molecule has 0 aliphatic carbocycles. The van der Waals surface area contributed by atoms with Gasteiger partial charge in [0.1, 0.15) is 11.6 Å². The number of rotatable bonds is 7. The molecule has 0 saturated heterocycles. The average Bonchev–Trinajstić information content (AvgIpc) is 2.71. The van der Waals surface area contributed by atoms with E-state index in [1.54, 1.807) is 31.2 Å². The summed E-state index contributed by atoms with van der Waals surface area (Å²) < 4.78 is 46.3. The van der Waals surface area contributed by atoms with Gasteiger partial charge in [0.15, 0.2) is 6.10 Å². The number of benzene rings is 3. The first-order valence-electron chi connectivity index (χ1n) is 8.85. The molecule has 30 heavy (non-hydrogen) atoms. The topological polar surface area (TPSA) is 84.5 Å². The number of carbonyl (C=O) groups is 1. The van der Waals surface area contributed by atoms with Crippen molar-refractivity contribution < 1.29 is 22.3 Å². The number of amides is 1. The first-order valence-corrected chi connectivity index (χ1v) is 10.7. The first kappa shape index (κ1) is 21.6. The Morgan fingerprint density at radius 2 is 1.63 bits per heavy atom. The van der Waals surface area contributed by atoms with Crippen LogP contribution in [0.5, 0.6) is 5.75 Å². The molecule has 0 heterocycles. The molecule has 0 radical (unpaired) electrons. The average molecular weight is 449 g/mol. The molecule has 0 aromatic heterocycles. The number of ether oxygens (including phenoxy) is 1. The largest absolute Gasteiger partial charge is 0.481 e. The molecule has 0 aliphatic rings. The monoisotopic (exact) mass is 448 g/mol. The van der Waals surface area contributed by atoms with Gasteiger partial charge in [-0.05, 0) is 67.6 Å². The van der Waals surface area contributed by atoms with Crippen LogP contribution in [0.3, 0.4) is 0 Å². The lowest BCUT2D eigenvalue weighted by Crippen LogP contribution is -2.30. The molecule has 3 aromatic rings. The first-order chi connectivity index (χ1) is 14.2. The summed E-state index contributed by atoms with van der Waals surface area (Å²) in [5.74, 6) is -0.604. The van der Waals surface area contributed by atoms with Gasteiger partial charge in [-0.15, -0.1) is 0 Å². The summed E-state index contributed by atoms with van der Waals surface area (Å²) in [5.41, 5.74) is 0.236. The number of anilines is 2. The summed E-state index contributed by atoms with van der Waals surface area (Å²) in [6, 6.07) is 17.5. The molecule has 6 nitrogen and oxygen atoms in total. The van der Waals surface area contributed by atoms with Gasteiger partial charge in [-0.25, -0.2) is 12.8 Å². The lowest BCUT2D eigenvalue weighted by molar-refractivity contribution is -0.122. The van der Waals surface area contributed by atoms with E-state index in [4.69, 9.17) is 16.3 Å². The van der Waals surface area contributed by atoms with Crippen LogP contribution < -0.4 is 14.8 Å². The van der Waals surface area contributed by atoms with Crippen molar-refractivity contribution in [3.05, 3.63) is 83.6 Å². The van der Waals surface area contributed by atoms with E-state index in [0.717, 1.165) is 6.07 Å². The van der Waals surface area contributed by atoms with Crippen molar-refractivity contribution >= 4 is 38.9 Å². The van der Waals surface area contributed by atoms with Crippen LogP contribution in [0.2, 0.25) is 5.02 Å². The van der Waals surface area contributed by atoms with Crippen molar-refractivity contribution in [3.63, 3.8) is 0 Å². The van der Waals surface area contributed by atoms with Gasteiger partial charge in [0.05, 0.1) is 10.6 Å². The van der Waals surface area contributed by atoms with Gasteiger partial charge in [0, 0.05) is 10.7 Å². The summed E-state index contributed by atoms with van der Waals surface area (Å²) in [7, 11) is -3.98. The van der Waals surface area contributed by atoms with E-state index < -0.39 is 27.9 Å². The van der Waals surface area contributed by atoms with Crippen molar-refractivity contribution in [2.24, 2.45) is 0 Å². The molecule has 0 fully saturated rings. The maximum atomic E-state index is 13.7. The summed E-state index contributed by atoms with van der Waals surface area (Å²) in [4.78, 5) is 12.2. The van der Waals surface area contributed by atoms with Crippen molar-refractivity contribution in [3.8, 4) is 5.75 Å². The zero-order valence-electron chi connectivity index (χ0n) is 15.8. The highest BCUT2D eigenvalue weighted by Gasteiger charge is 2.18. The van der Waals surface area contributed by atoms with E-state index in [-0.39, 0.29) is 10.6 Å². The number of sulfonamides is 1. The zero-order chi connectivity index (χ0) is 21.7. The van der Waals surface area contributed by atoms with Crippen molar-refractivity contribution in [2.75, 3.05) is 10.0 Å². The van der Waals surface area contributed by atoms with Crippen molar-refractivity contribution in [2.45, 2.75) is 17.9 Å². The highest BCUT2D eigenvalue weighted by Crippen LogP contribution is 2.21. The molecule has 0 bridgehead atoms. The van der Waals surface area contributed by atoms with Gasteiger partial charge in [-0.1, -0.05) is 23.7 Å². The van der Waals surface area contributed by atoms with Crippen LogP contribution in [-0.2, 0) is 14.8 Å². The summed E-state index contributed by atoms with van der Waals surface area (Å²) >= 11 is 5.82. The number of carbonyl (C=O) groups excluding carboxylic acids is 1. The minimum Gasteiger partial charge on any atom is -0.481 e. The molecule has 1 atom stereocenters. The third-order valence-corrected chi connectivity index (χ3v) is 5.68. The van der Waals surface area contributed by atoms with Crippen LogP contribution in [0.25, 0.3) is 0 Å². The lowest BCUT2D eigenvalue weighted by Gasteiger charge is -2.15. The van der Waals surface area contributed by atoms with E-state index in [2.05, 4.69) is 10.0 Å². The molecule has 9 heteroatoms. The van der Waals surface area contributed by atoms with Gasteiger partial charge < -0.3 is 10.1 Å². The van der Waals surface area contributed by atoms with Crippen molar-refractivity contribution in [1.82, 2.24) is 0 Å². The molecule has 0 aliphatic heterocycles. The molecule has 0 saturated carbocycles. The van der Waals surface area contributed by atoms with E-state index in [1.165, 1.54) is 42.5 Å². The van der Waals surface area contributed by atoms with Gasteiger partial charge >= 0.3 is 0 Å². The maximum Gasteiger partial charge on any atom is 0.265 e. The minimum atomic E-state index is -3.98. The molecule has 156 valence electrons. The Labute approximate surface area is 178 Å². The second-order valence-electron chi connectivity index (χ2n) is 6.31. The zero-order valence-corrected chi connectivity index (χ0v) is 17.4. The quantitative estimate of drug-likeness (QED) is 0.549. The third-order valence-electron chi connectivity index (χ3n) is 4.05. The predicted octanol–water partition coefficient (Wildman–Crippen LogP) is 4.69. The molecule has 1 amide bonds. The van der Waals surface area contributed by atoms with Crippen LogP contribution in [-0.4, -0.2) is 20.4 Å². The highest BCUT2D eigenvalue weighted by atomic mass is 35.5. The molecular weight excluding hydrogens is 431 g/mol.